The summed E-state index contributed by atoms with van der Waals surface area (Å²) in [4.78, 5) is 14.5. The predicted octanol–water partition coefficient (Wildman–Crippen LogP) is 3.07. The van der Waals surface area contributed by atoms with Crippen LogP contribution in [-0.2, 0) is 9.53 Å². The number of likely N-dealkylation sites (tertiary alicyclic amines) is 1. The van der Waals surface area contributed by atoms with E-state index in [0.29, 0.717) is 0 Å². The van der Waals surface area contributed by atoms with Crippen molar-refractivity contribution in [3.8, 4) is 0 Å². The van der Waals surface area contributed by atoms with Crippen molar-refractivity contribution in [2.45, 2.75) is 32.1 Å². The van der Waals surface area contributed by atoms with Crippen molar-refractivity contribution in [3.05, 3.63) is 35.9 Å². The molecule has 20 heavy (non-hydrogen) atoms. The Morgan fingerprint density at radius 1 is 1.40 bits per heavy atom. The Bertz CT molecular complexity index is 418. The predicted molar refractivity (Wildman–Crippen MR) is 80.7 cm³/mol. The molecule has 1 heterocycles. The zero-order valence-corrected chi connectivity index (χ0v) is 12.5. The quantitative estimate of drug-likeness (QED) is 0.773. The molecule has 0 bridgehead atoms. The Hall–Kier alpha value is -1.35. The minimum Gasteiger partial charge on any atom is -0.469 e. The molecule has 2 atom stereocenters. The maximum atomic E-state index is 12.1. The number of piperidine rings is 1. The van der Waals surface area contributed by atoms with Crippen LogP contribution in [0.25, 0.3) is 0 Å². The van der Waals surface area contributed by atoms with Gasteiger partial charge in [-0.1, -0.05) is 43.7 Å². The first-order chi connectivity index (χ1) is 9.74. The van der Waals surface area contributed by atoms with E-state index in [9.17, 15) is 4.79 Å². The molecule has 1 aromatic rings. The third kappa shape index (κ3) is 3.83. The van der Waals surface area contributed by atoms with Crippen LogP contribution >= 0.6 is 0 Å². The van der Waals surface area contributed by atoms with Crippen LogP contribution in [0.5, 0.6) is 0 Å². The molecule has 1 aromatic carbocycles. The summed E-state index contributed by atoms with van der Waals surface area (Å²) in [6.45, 7) is 5.23. The molecule has 0 spiro atoms. The highest BCUT2D eigenvalue weighted by Crippen LogP contribution is 2.24. The summed E-state index contributed by atoms with van der Waals surface area (Å²) in [6.07, 6.45) is 3.78. The van der Waals surface area contributed by atoms with Crippen molar-refractivity contribution < 1.29 is 9.53 Å². The molecule has 2 unspecified atom stereocenters. The highest BCUT2D eigenvalue weighted by molar-refractivity contribution is 5.78. The first-order valence-corrected chi connectivity index (χ1v) is 7.59. The van der Waals surface area contributed by atoms with E-state index in [-0.39, 0.29) is 11.9 Å². The maximum Gasteiger partial charge on any atom is 0.314 e. The number of carbonyl (C=O) groups is 1. The van der Waals surface area contributed by atoms with Gasteiger partial charge in [0.2, 0.25) is 0 Å². The van der Waals surface area contributed by atoms with E-state index < -0.39 is 0 Å². The highest BCUT2D eigenvalue weighted by Gasteiger charge is 2.27. The van der Waals surface area contributed by atoms with Crippen molar-refractivity contribution >= 4 is 5.97 Å². The molecule has 1 saturated heterocycles. The normalized spacial score (nSPS) is 21.4. The lowest BCUT2D eigenvalue weighted by molar-refractivity contribution is -0.143. The van der Waals surface area contributed by atoms with Crippen LogP contribution in [0.4, 0.5) is 0 Å². The molecule has 0 aromatic heterocycles. The Kier molecular flexibility index (Phi) is 5.60. The van der Waals surface area contributed by atoms with Crippen molar-refractivity contribution in [2.24, 2.45) is 5.92 Å². The van der Waals surface area contributed by atoms with Crippen LogP contribution in [0.2, 0.25) is 0 Å². The van der Waals surface area contributed by atoms with E-state index in [1.54, 1.807) is 0 Å². The molecule has 1 fully saturated rings. The molecule has 0 radical (unpaired) electrons. The molecule has 0 saturated carbocycles. The maximum absolute atomic E-state index is 12.1. The number of carbonyl (C=O) groups excluding carboxylic acids is 1. The fourth-order valence-electron chi connectivity index (χ4n) is 3.05. The standard InChI is InChI=1S/C17H25NO2/c1-3-14-8-7-11-18(12-14)13-16(17(19)20-2)15-9-5-4-6-10-15/h4-6,9-10,14,16H,3,7-8,11-13H2,1-2H3. The molecule has 110 valence electrons. The van der Waals surface area contributed by atoms with E-state index in [4.69, 9.17) is 4.74 Å². The molecular formula is C17H25NO2. The van der Waals surface area contributed by atoms with Gasteiger partial charge in [0, 0.05) is 13.1 Å². The fraction of sp³-hybridized carbons (Fsp3) is 0.588. The summed E-state index contributed by atoms with van der Waals surface area (Å²) in [6, 6.07) is 9.98. The van der Waals surface area contributed by atoms with Crippen molar-refractivity contribution in [1.29, 1.82) is 0 Å². The summed E-state index contributed by atoms with van der Waals surface area (Å²) in [5, 5.41) is 0. The molecule has 0 N–H and O–H groups in total. The number of methoxy groups -OCH3 is 1. The summed E-state index contributed by atoms with van der Waals surface area (Å²) in [5.74, 6) is 0.476. The number of benzene rings is 1. The van der Waals surface area contributed by atoms with Crippen LogP contribution in [-0.4, -0.2) is 37.6 Å². The number of hydrogen-bond acceptors (Lipinski definition) is 3. The molecule has 0 amide bonds. The largest absolute Gasteiger partial charge is 0.469 e. The van der Waals surface area contributed by atoms with Crippen LogP contribution < -0.4 is 0 Å². The summed E-state index contributed by atoms with van der Waals surface area (Å²) in [5.41, 5.74) is 1.05. The van der Waals surface area contributed by atoms with E-state index >= 15 is 0 Å². The number of rotatable bonds is 5. The van der Waals surface area contributed by atoms with Crippen molar-refractivity contribution in [3.63, 3.8) is 0 Å². The van der Waals surface area contributed by atoms with Gasteiger partial charge in [-0.2, -0.15) is 0 Å². The van der Waals surface area contributed by atoms with Gasteiger partial charge >= 0.3 is 5.97 Å². The third-order valence-electron chi connectivity index (χ3n) is 4.31. The fourth-order valence-corrected chi connectivity index (χ4v) is 3.05. The van der Waals surface area contributed by atoms with Gasteiger partial charge in [-0.15, -0.1) is 0 Å². The molecule has 1 aliphatic rings. The second-order valence-corrected chi connectivity index (χ2v) is 5.66. The van der Waals surface area contributed by atoms with Gasteiger partial charge < -0.3 is 9.64 Å². The monoisotopic (exact) mass is 275 g/mol. The first kappa shape index (κ1) is 15.0. The van der Waals surface area contributed by atoms with Gasteiger partial charge in [-0.05, 0) is 30.9 Å². The molecule has 1 aliphatic heterocycles. The number of ether oxygens (including phenoxy) is 1. The minimum atomic E-state index is -0.170. The lowest BCUT2D eigenvalue weighted by atomic mass is 9.93. The van der Waals surface area contributed by atoms with Crippen LogP contribution in [0.1, 0.15) is 37.7 Å². The Morgan fingerprint density at radius 3 is 2.80 bits per heavy atom. The number of nitrogens with zero attached hydrogens (tertiary/aromatic N) is 1. The van der Waals surface area contributed by atoms with Gasteiger partial charge in [0.25, 0.3) is 0 Å². The van der Waals surface area contributed by atoms with Gasteiger partial charge in [0.1, 0.15) is 0 Å². The van der Waals surface area contributed by atoms with Gasteiger partial charge in [-0.3, -0.25) is 4.79 Å². The lowest BCUT2D eigenvalue weighted by Crippen LogP contribution is -2.39. The summed E-state index contributed by atoms with van der Waals surface area (Å²) in [7, 11) is 1.48. The Balaban J connectivity index is 2.06. The first-order valence-electron chi connectivity index (χ1n) is 7.59. The number of hydrogen-bond donors (Lipinski definition) is 0. The second kappa shape index (κ2) is 7.44. The zero-order valence-electron chi connectivity index (χ0n) is 12.5. The lowest BCUT2D eigenvalue weighted by Gasteiger charge is -2.34. The molecular weight excluding hydrogens is 250 g/mol. The average Bonchev–Trinajstić information content (AvgIpc) is 2.53. The van der Waals surface area contributed by atoms with Gasteiger partial charge in [0.15, 0.2) is 0 Å². The van der Waals surface area contributed by atoms with Crippen LogP contribution in [0, 0.1) is 5.92 Å². The van der Waals surface area contributed by atoms with Crippen molar-refractivity contribution in [2.75, 3.05) is 26.7 Å². The van der Waals surface area contributed by atoms with E-state index in [1.807, 2.05) is 30.3 Å². The molecule has 3 heteroatoms. The van der Waals surface area contributed by atoms with Crippen LogP contribution in [0.3, 0.4) is 0 Å². The topological polar surface area (TPSA) is 29.5 Å². The van der Waals surface area contributed by atoms with E-state index in [0.717, 1.165) is 31.1 Å². The van der Waals surface area contributed by atoms with Crippen molar-refractivity contribution in [1.82, 2.24) is 4.90 Å². The Morgan fingerprint density at radius 2 is 2.15 bits per heavy atom. The smallest absolute Gasteiger partial charge is 0.314 e. The summed E-state index contributed by atoms with van der Waals surface area (Å²) >= 11 is 0. The molecule has 3 nitrogen and oxygen atoms in total. The van der Waals surface area contributed by atoms with Gasteiger partial charge in [0.05, 0.1) is 13.0 Å². The molecule has 2 rings (SSSR count). The third-order valence-corrected chi connectivity index (χ3v) is 4.31. The SMILES string of the molecule is CCC1CCCN(CC(C(=O)OC)c2ccccc2)C1. The minimum absolute atomic E-state index is 0.130. The Labute approximate surface area is 121 Å². The van der Waals surface area contributed by atoms with E-state index in [2.05, 4.69) is 11.8 Å². The second-order valence-electron chi connectivity index (χ2n) is 5.66. The summed E-state index contributed by atoms with van der Waals surface area (Å²) < 4.78 is 5.00. The number of esters is 1. The zero-order chi connectivity index (χ0) is 14.4. The van der Waals surface area contributed by atoms with Gasteiger partial charge in [-0.25, -0.2) is 0 Å². The molecule has 0 aliphatic carbocycles. The average molecular weight is 275 g/mol. The van der Waals surface area contributed by atoms with Crippen LogP contribution in [0.15, 0.2) is 30.3 Å². The van der Waals surface area contributed by atoms with E-state index in [1.165, 1.54) is 26.4 Å². The highest BCUT2D eigenvalue weighted by atomic mass is 16.5.